The Morgan fingerprint density at radius 3 is 2.21 bits per heavy atom. The molecule has 1 saturated heterocycles. The van der Waals surface area contributed by atoms with Crippen molar-refractivity contribution in [3.8, 4) is 28.4 Å². The number of aromatic hydroxyl groups is 1. The number of amides is 2. The van der Waals surface area contributed by atoms with Gasteiger partial charge >= 0.3 is 6.03 Å². The molecule has 58 heavy (non-hydrogen) atoms. The number of carbonyl (C=O) groups is 1. The molecule has 10 nitrogen and oxygen atoms in total. The van der Waals surface area contributed by atoms with E-state index in [1.165, 1.54) is 0 Å². The number of nitrogens with zero attached hydrogens (tertiary/aromatic N) is 1. The lowest BCUT2D eigenvalue weighted by molar-refractivity contribution is -0.276. The maximum absolute atomic E-state index is 12.8. The summed E-state index contributed by atoms with van der Waals surface area (Å²) in [5.41, 5.74) is 6.84. The first kappa shape index (κ1) is 40.2. The zero-order valence-corrected chi connectivity index (χ0v) is 32.6. The van der Waals surface area contributed by atoms with Gasteiger partial charge in [-0.15, -0.1) is 0 Å². The average molecular weight is 780 g/mol. The van der Waals surface area contributed by atoms with Gasteiger partial charge in [-0.1, -0.05) is 97.9 Å². The number of urea groups is 1. The number of phenols is 1. The van der Waals surface area contributed by atoms with E-state index in [9.17, 15) is 20.1 Å². The molecule has 298 valence electrons. The molecule has 2 amide bonds. The van der Waals surface area contributed by atoms with Crippen LogP contribution in [0.3, 0.4) is 0 Å². The summed E-state index contributed by atoms with van der Waals surface area (Å²) in [5.74, 6) is 1.48. The number of para-hydroxylation sites is 1. The van der Waals surface area contributed by atoms with Gasteiger partial charge in [0.1, 0.15) is 17.2 Å². The highest BCUT2D eigenvalue weighted by atomic mass is 16.7. The second-order valence-corrected chi connectivity index (χ2v) is 14.7. The summed E-state index contributed by atoms with van der Waals surface area (Å²) in [6.07, 6.45) is -2.03. The summed E-state index contributed by atoms with van der Waals surface area (Å²) in [7, 11) is 1.95. The summed E-state index contributed by atoms with van der Waals surface area (Å²) in [5, 5.41) is 36.4. The van der Waals surface area contributed by atoms with Crippen molar-refractivity contribution >= 4 is 11.7 Å². The fourth-order valence-corrected chi connectivity index (χ4v) is 7.16. The fraction of sp³-hybridized carbons (Fsp3) is 0.229. The molecule has 1 heterocycles. The van der Waals surface area contributed by atoms with Crippen LogP contribution in [0.5, 0.6) is 17.2 Å². The summed E-state index contributed by atoms with van der Waals surface area (Å²) in [6, 6.07) is 47.1. The van der Waals surface area contributed by atoms with Crippen LogP contribution in [0.2, 0.25) is 0 Å². The van der Waals surface area contributed by atoms with Crippen LogP contribution in [0, 0.1) is 5.92 Å². The smallest absolute Gasteiger partial charge is 0.319 e. The number of anilines is 1. The van der Waals surface area contributed by atoms with Gasteiger partial charge in [0.15, 0.2) is 6.29 Å². The molecule has 5 atom stereocenters. The topological polar surface area (TPSA) is 133 Å². The quantitative estimate of drug-likeness (QED) is 0.0740. The molecular formula is C48H49N3O7. The van der Waals surface area contributed by atoms with Crippen LogP contribution in [-0.2, 0) is 22.6 Å². The molecule has 0 bridgehead atoms. The van der Waals surface area contributed by atoms with E-state index in [1.807, 2.05) is 115 Å². The molecule has 5 N–H and O–H groups in total. The zero-order valence-electron chi connectivity index (χ0n) is 32.6. The van der Waals surface area contributed by atoms with Gasteiger partial charge in [0, 0.05) is 36.8 Å². The van der Waals surface area contributed by atoms with E-state index in [-0.39, 0.29) is 36.5 Å². The molecular weight excluding hydrogens is 731 g/mol. The maximum atomic E-state index is 12.8. The van der Waals surface area contributed by atoms with Crippen LogP contribution in [0.15, 0.2) is 152 Å². The van der Waals surface area contributed by atoms with E-state index >= 15 is 0 Å². The van der Waals surface area contributed by atoms with Crippen molar-refractivity contribution in [2.75, 3.05) is 25.5 Å². The van der Waals surface area contributed by atoms with Crippen molar-refractivity contribution in [2.45, 2.75) is 44.7 Å². The number of hydrogen-bond acceptors (Lipinski definition) is 8. The van der Waals surface area contributed by atoms with Crippen molar-refractivity contribution in [1.29, 1.82) is 0 Å². The SMILES string of the molecule is C[C@H]1[C@@H](CN(C)C[C@@H](O)c2cccc(O)c2)O[C@@H](c2cccc(-c3cccc(CNC(=O)Nc4ccc(Oc5ccccc5)cc4)c3)c2)O[C@H]1c1ccc(CO)cc1. The Balaban J connectivity index is 1.02. The standard InChI is InChI=1S/C48H49N3O7/c1-32-45(30-51(2)29-44(54)38-12-8-14-41(53)27-38)57-47(58-46(32)35-19-17-33(31-52)18-20-35)39-13-7-11-37(26-39)36-10-6-9-34(25-36)28-49-48(55)50-40-21-23-43(24-22-40)56-42-15-4-3-5-16-42/h3-27,32,44-47,52-54H,28-31H2,1-2H3,(H2,49,50,55)/t32-,44+,45+,46+,47+/m0/s1. The number of phenolic OH excluding ortho intramolecular Hbond substituents is 1. The Labute approximate surface area is 339 Å². The number of likely N-dealkylation sites (N-methyl/N-ethyl adjacent to an activating group) is 1. The summed E-state index contributed by atoms with van der Waals surface area (Å²) < 4.78 is 19.3. The lowest BCUT2D eigenvalue weighted by Gasteiger charge is -2.42. The highest BCUT2D eigenvalue weighted by molar-refractivity contribution is 5.89. The molecule has 6 aromatic rings. The number of aliphatic hydroxyl groups excluding tert-OH is 2. The van der Waals surface area contributed by atoms with E-state index in [4.69, 9.17) is 14.2 Å². The lowest BCUT2D eigenvalue weighted by atomic mass is 9.89. The average Bonchev–Trinajstić information content (AvgIpc) is 3.25. The molecule has 0 radical (unpaired) electrons. The number of rotatable bonds is 14. The first-order valence-electron chi connectivity index (χ1n) is 19.4. The summed E-state index contributed by atoms with van der Waals surface area (Å²) >= 11 is 0. The van der Waals surface area contributed by atoms with Gasteiger partial charge in [0.25, 0.3) is 0 Å². The largest absolute Gasteiger partial charge is 0.508 e. The second-order valence-electron chi connectivity index (χ2n) is 14.7. The second kappa shape index (κ2) is 19.0. The summed E-state index contributed by atoms with van der Waals surface area (Å²) in [4.78, 5) is 14.9. The molecule has 1 aliphatic rings. The van der Waals surface area contributed by atoms with Gasteiger partial charge in [-0.25, -0.2) is 4.79 Å². The van der Waals surface area contributed by atoms with Crippen molar-refractivity contribution in [3.63, 3.8) is 0 Å². The Morgan fingerprint density at radius 1 is 0.759 bits per heavy atom. The minimum absolute atomic E-state index is 0.0419. The Hall–Kier alpha value is -6.01. The third kappa shape index (κ3) is 10.5. The molecule has 0 saturated carbocycles. The van der Waals surface area contributed by atoms with Gasteiger partial charge in [-0.3, -0.25) is 0 Å². The molecule has 6 aromatic carbocycles. The molecule has 10 heteroatoms. The molecule has 7 rings (SSSR count). The first-order valence-corrected chi connectivity index (χ1v) is 19.4. The van der Waals surface area contributed by atoms with E-state index in [0.29, 0.717) is 36.6 Å². The molecule has 0 aliphatic carbocycles. The van der Waals surface area contributed by atoms with Crippen LogP contribution in [0.1, 0.15) is 53.2 Å². The third-order valence-corrected chi connectivity index (χ3v) is 10.3. The van der Waals surface area contributed by atoms with Crippen LogP contribution in [0.4, 0.5) is 10.5 Å². The van der Waals surface area contributed by atoms with Crippen molar-refractivity contribution in [3.05, 3.63) is 179 Å². The van der Waals surface area contributed by atoms with Gasteiger partial charge in [0.2, 0.25) is 0 Å². The molecule has 0 aromatic heterocycles. The van der Waals surface area contributed by atoms with E-state index in [2.05, 4.69) is 29.7 Å². The molecule has 0 spiro atoms. The normalized spacial score (nSPS) is 18.4. The highest BCUT2D eigenvalue weighted by Gasteiger charge is 2.39. The predicted molar refractivity (Wildman–Crippen MR) is 224 cm³/mol. The number of hydrogen-bond donors (Lipinski definition) is 5. The van der Waals surface area contributed by atoms with Gasteiger partial charge in [0.05, 0.1) is 24.9 Å². The van der Waals surface area contributed by atoms with Gasteiger partial charge < -0.3 is 45.1 Å². The van der Waals surface area contributed by atoms with Gasteiger partial charge in [-0.2, -0.15) is 0 Å². The number of ether oxygens (including phenoxy) is 3. The van der Waals surface area contributed by atoms with Crippen LogP contribution in [0.25, 0.3) is 11.1 Å². The number of benzene rings is 6. The summed E-state index contributed by atoms with van der Waals surface area (Å²) in [6.45, 7) is 3.27. The predicted octanol–water partition coefficient (Wildman–Crippen LogP) is 9.12. The molecule has 0 unspecified atom stereocenters. The van der Waals surface area contributed by atoms with E-state index < -0.39 is 12.4 Å². The minimum Gasteiger partial charge on any atom is -0.508 e. The maximum Gasteiger partial charge on any atom is 0.319 e. The third-order valence-electron chi connectivity index (χ3n) is 10.3. The number of aliphatic hydroxyl groups is 2. The Bertz CT molecular complexity index is 2250. The van der Waals surface area contributed by atoms with Crippen LogP contribution in [-0.4, -0.2) is 52.5 Å². The van der Waals surface area contributed by atoms with E-state index in [0.717, 1.165) is 39.1 Å². The van der Waals surface area contributed by atoms with Crippen LogP contribution < -0.4 is 15.4 Å². The highest BCUT2D eigenvalue weighted by Crippen LogP contribution is 2.42. The number of nitrogens with one attached hydrogen (secondary N) is 2. The Kier molecular flexibility index (Phi) is 13.1. The lowest BCUT2D eigenvalue weighted by Crippen LogP contribution is -2.44. The first-order chi connectivity index (χ1) is 28.2. The van der Waals surface area contributed by atoms with Crippen LogP contribution >= 0.6 is 0 Å². The molecule has 1 fully saturated rings. The zero-order chi connectivity index (χ0) is 40.4. The monoisotopic (exact) mass is 779 g/mol. The number of carbonyl (C=O) groups excluding carboxylic acids is 1. The van der Waals surface area contributed by atoms with Crippen molar-refractivity contribution in [2.24, 2.45) is 5.92 Å². The van der Waals surface area contributed by atoms with Gasteiger partial charge in [-0.05, 0) is 101 Å². The van der Waals surface area contributed by atoms with Crippen molar-refractivity contribution < 1.29 is 34.3 Å². The fourth-order valence-electron chi connectivity index (χ4n) is 7.16. The Morgan fingerprint density at radius 2 is 1.47 bits per heavy atom. The van der Waals surface area contributed by atoms with E-state index in [1.54, 1.807) is 36.4 Å². The van der Waals surface area contributed by atoms with Crippen molar-refractivity contribution in [1.82, 2.24) is 10.2 Å². The molecule has 1 aliphatic heterocycles. The minimum atomic E-state index is -0.791.